The van der Waals surface area contributed by atoms with Gasteiger partial charge in [0.25, 0.3) is 0 Å². The van der Waals surface area contributed by atoms with Gasteiger partial charge in [0, 0.05) is 32.8 Å². The first-order valence-corrected chi connectivity index (χ1v) is 12.6. The highest BCUT2D eigenvalue weighted by Crippen LogP contribution is 2.66. The molecule has 0 radical (unpaired) electrons. The van der Waals surface area contributed by atoms with Gasteiger partial charge >= 0.3 is 11.9 Å². The van der Waals surface area contributed by atoms with Crippen LogP contribution >= 0.6 is 0 Å². The van der Waals surface area contributed by atoms with Gasteiger partial charge in [0.05, 0.1) is 7.11 Å². The Labute approximate surface area is 197 Å². The summed E-state index contributed by atoms with van der Waals surface area (Å²) in [6, 6.07) is 0. The van der Waals surface area contributed by atoms with Crippen LogP contribution in [0.3, 0.4) is 0 Å². The van der Waals surface area contributed by atoms with Gasteiger partial charge in [0.1, 0.15) is 11.9 Å². The Morgan fingerprint density at radius 3 is 2.48 bits per heavy atom. The zero-order valence-electron chi connectivity index (χ0n) is 20.9. The average molecular weight is 461 g/mol. The molecule has 4 aliphatic carbocycles. The van der Waals surface area contributed by atoms with Crippen LogP contribution < -0.4 is 0 Å². The lowest BCUT2D eigenvalue weighted by Crippen LogP contribution is -2.51. The minimum atomic E-state index is -0.812. The number of rotatable bonds is 6. The van der Waals surface area contributed by atoms with Crippen LogP contribution in [-0.4, -0.2) is 44.1 Å². The highest BCUT2D eigenvalue weighted by Gasteiger charge is 2.60. The van der Waals surface area contributed by atoms with E-state index in [9.17, 15) is 14.4 Å². The molecular formula is C27H40O6. The molecule has 4 aliphatic rings. The van der Waals surface area contributed by atoms with Gasteiger partial charge < -0.3 is 14.2 Å². The van der Waals surface area contributed by atoms with E-state index in [0.29, 0.717) is 17.8 Å². The number of Topliss-reactive ketones (excluding diaryl/α,β-unsaturated/α-hetero) is 1. The van der Waals surface area contributed by atoms with Crippen molar-refractivity contribution in [2.75, 3.05) is 14.2 Å². The molecule has 0 saturated heterocycles. The molecule has 0 aromatic rings. The monoisotopic (exact) mass is 460 g/mol. The molecule has 33 heavy (non-hydrogen) atoms. The van der Waals surface area contributed by atoms with Crippen molar-refractivity contribution in [1.82, 2.24) is 0 Å². The lowest BCUT2D eigenvalue weighted by molar-refractivity contribution is -0.155. The van der Waals surface area contributed by atoms with Crippen LogP contribution in [0.25, 0.3) is 0 Å². The van der Waals surface area contributed by atoms with E-state index in [2.05, 4.69) is 19.9 Å². The molecule has 4 rings (SSSR count). The minimum absolute atomic E-state index is 0.0105. The number of ether oxygens (including phenoxy) is 3. The van der Waals surface area contributed by atoms with Crippen molar-refractivity contribution in [3.05, 3.63) is 11.6 Å². The number of methoxy groups -OCH3 is 2. The first kappa shape index (κ1) is 24.4. The lowest BCUT2D eigenvalue weighted by atomic mass is 9.47. The van der Waals surface area contributed by atoms with Crippen molar-refractivity contribution in [1.29, 1.82) is 0 Å². The Hall–Kier alpha value is -1.69. The maximum atomic E-state index is 13.3. The summed E-state index contributed by atoms with van der Waals surface area (Å²) in [6.45, 7) is 6.25. The van der Waals surface area contributed by atoms with E-state index in [1.807, 2.05) is 0 Å². The predicted octanol–water partition coefficient (Wildman–Crippen LogP) is 4.64. The van der Waals surface area contributed by atoms with Crippen LogP contribution in [0.1, 0.15) is 78.6 Å². The van der Waals surface area contributed by atoms with Crippen molar-refractivity contribution in [3.8, 4) is 0 Å². The zero-order valence-corrected chi connectivity index (χ0v) is 20.9. The molecule has 0 bridgehead atoms. The number of esters is 2. The van der Waals surface area contributed by atoms with Crippen LogP contribution in [0.2, 0.25) is 0 Å². The summed E-state index contributed by atoms with van der Waals surface area (Å²) < 4.78 is 15.6. The van der Waals surface area contributed by atoms with Crippen LogP contribution in [-0.2, 0) is 28.6 Å². The number of fused-ring (bicyclic) bond motifs is 5. The van der Waals surface area contributed by atoms with Crippen LogP contribution in [0.5, 0.6) is 0 Å². The van der Waals surface area contributed by atoms with Gasteiger partial charge in [0.15, 0.2) is 6.10 Å². The van der Waals surface area contributed by atoms with E-state index in [0.717, 1.165) is 51.4 Å². The molecule has 0 spiro atoms. The topological polar surface area (TPSA) is 78.9 Å². The van der Waals surface area contributed by atoms with E-state index in [4.69, 9.17) is 14.2 Å². The zero-order chi connectivity index (χ0) is 24.0. The van der Waals surface area contributed by atoms with Crippen LogP contribution in [0.15, 0.2) is 11.6 Å². The third-order valence-corrected chi connectivity index (χ3v) is 9.92. The van der Waals surface area contributed by atoms with E-state index in [-0.39, 0.29) is 41.0 Å². The van der Waals surface area contributed by atoms with Crippen molar-refractivity contribution in [2.24, 2.45) is 34.5 Å². The van der Waals surface area contributed by atoms with Crippen LogP contribution in [0, 0.1) is 34.5 Å². The van der Waals surface area contributed by atoms with Gasteiger partial charge in [-0.3, -0.25) is 9.59 Å². The number of ketones is 1. The molecule has 0 heterocycles. The molecule has 184 valence electrons. The first-order chi connectivity index (χ1) is 15.6. The van der Waals surface area contributed by atoms with Gasteiger partial charge in [-0.25, -0.2) is 4.79 Å². The molecule has 0 amide bonds. The fourth-order valence-electron chi connectivity index (χ4n) is 8.21. The number of carbonyl (C=O) groups is 3. The summed E-state index contributed by atoms with van der Waals surface area (Å²) in [4.78, 5) is 36.8. The van der Waals surface area contributed by atoms with Crippen molar-refractivity contribution in [2.45, 2.75) is 90.8 Å². The third-order valence-electron chi connectivity index (χ3n) is 9.92. The molecule has 3 saturated carbocycles. The van der Waals surface area contributed by atoms with E-state index >= 15 is 0 Å². The maximum absolute atomic E-state index is 13.3. The summed E-state index contributed by atoms with van der Waals surface area (Å²) in [5.74, 6) is 1.24. The number of allylic oxidation sites excluding steroid dienone is 1. The Morgan fingerprint density at radius 1 is 1.06 bits per heavy atom. The number of hydrogen-bond acceptors (Lipinski definition) is 6. The third kappa shape index (κ3) is 4.17. The Kier molecular flexibility index (Phi) is 6.78. The first-order valence-electron chi connectivity index (χ1n) is 12.6. The molecular weight excluding hydrogens is 420 g/mol. The fourth-order valence-corrected chi connectivity index (χ4v) is 8.21. The molecule has 6 nitrogen and oxygen atoms in total. The number of carbonyl (C=O) groups excluding carboxylic acids is 3. The second kappa shape index (κ2) is 9.16. The van der Waals surface area contributed by atoms with E-state index < -0.39 is 12.1 Å². The van der Waals surface area contributed by atoms with E-state index in [1.165, 1.54) is 26.7 Å². The largest absolute Gasteiger partial charge is 0.467 e. The quantitative estimate of drug-likeness (QED) is 0.424. The van der Waals surface area contributed by atoms with Gasteiger partial charge in [0.2, 0.25) is 0 Å². The lowest BCUT2D eigenvalue weighted by Gasteiger charge is -2.58. The minimum Gasteiger partial charge on any atom is -0.467 e. The van der Waals surface area contributed by atoms with Gasteiger partial charge in [-0.1, -0.05) is 25.5 Å². The number of hydrogen-bond donors (Lipinski definition) is 0. The maximum Gasteiger partial charge on any atom is 0.335 e. The van der Waals surface area contributed by atoms with Gasteiger partial charge in [-0.15, -0.1) is 0 Å². The standard InChI is InChI=1S/C27H40O6/c1-16(28)33-18-10-12-26(2)17(14-18)6-7-19-20-8-9-22(27(20,3)13-11-21(19)26)23(29)15-24(31-4)25(30)32-5/h6,18-22,24H,7-15H2,1-5H3/t18-,19+,20+,21+,22-,24-,26+,27+/m1/s1. The molecule has 0 aromatic carbocycles. The predicted molar refractivity (Wildman–Crippen MR) is 123 cm³/mol. The van der Waals surface area contributed by atoms with Gasteiger partial charge in [-0.2, -0.15) is 0 Å². The van der Waals surface area contributed by atoms with Crippen molar-refractivity contribution in [3.63, 3.8) is 0 Å². The summed E-state index contributed by atoms with van der Waals surface area (Å²) >= 11 is 0. The summed E-state index contributed by atoms with van der Waals surface area (Å²) in [5, 5.41) is 0. The SMILES string of the molecule is COC(=O)[C@@H](CC(=O)[C@H]1CC[C@H]2[C@@H]3CC=C4C[C@H](OC(C)=O)CC[C@]4(C)[C@H]3CC[C@]12C)OC. The molecule has 0 aliphatic heterocycles. The van der Waals surface area contributed by atoms with Crippen molar-refractivity contribution >= 4 is 17.7 Å². The molecule has 8 atom stereocenters. The normalized spacial score (nSPS) is 40.5. The Morgan fingerprint density at radius 2 is 1.82 bits per heavy atom. The molecule has 0 aromatic heterocycles. The second-order valence-electron chi connectivity index (χ2n) is 11.3. The van der Waals surface area contributed by atoms with Gasteiger partial charge in [-0.05, 0) is 73.5 Å². The average Bonchev–Trinajstić information content (AvgIpc) is 3.14. The highest BCUT2D eigenvalue weighted by atomic mass is 16.6. The second-order valence-corrected chi connectivity index (χ2v) is 11.3. The summed E-state index contributed by atoms with van der Waals surface area (Å²) in [7, 11) is 2.79. The smallest absolute Gasteiger partial charge is 0.335 e. The Balaban J connectivity index is 1.50. The molecule has 0 N–H and O–H groups in total. The fraction of sp³-hybridized carbons (Fsp3) is 0.815. The molecule has 3 fully saturated rings. The van der Waals surface area contributed by atoms with Crippen molar-refractivity contribution < 1.29 is 28.6 Å². The Bertz CT molecular complexity index is 832. The van der Waals surface area contributed by atoms with Crippen LogP contribution in [0.4, 0.5) is 0 Å². The summed E-state index contributed by atoms with van der Waals surface area (Å²) in [5.41, 5.74) is 1.65. The molecule has 6 heteroatoms. The van der Waals surface area contributed by atoms with E-state index in [1.54, 1.807) is 0 Å². The molecule has 0 unspecified atom stereocenters. The highest BCUT2D eigenvalue weighted by molar-refractivity contribution is 5.88. The summed E-state index contributed by atoms with van der Waals surface area (Å²) in [6.07, 6.45) is 9.86.